The van der Waals surface area contributed by atoms with Crippen LogP contribution < -0.4 is 16.8 Å². The Kier molecular flexibility index (Phi) is 4.62. The van der Waals surface area contributed by atoms with Crippen LogP contribution >= 0.6 is 0 Å². The van der Waals surface area contributed by atoms with Gasteiger partial charge in [-0.1, -0.05) is 0 Å². The lowest BCUT2D eigenvalue weighted by Crippen LogP contribution is -2.60. The van der Waals surface area contributed by atoms with Crippen LogP contribution in [0.25, 0.3) is 0 Å². The van der Waals surface area contributed by atoms with Crippen molar-refractivity contribution in [3.05, 3.63) is 0 Å². The third kappa shape index (κ3) is 4.30. The van der Waals surface area contributed by atoms with Gasteiger partial charge in [0.05, 0.1) is 18.7 Å². The summed E-state index contributed by atoms with van der Waals surface area (Å²) in [5, 5.41) is 3.02. The van der Waals surface area contributed by atoms with E-state index >= 15 is 0 Å². The quantitative estimate of drug-likeness (QED) is 0.453. The second-order valence-corrected chi connectivity index (χ2v) is 4.52. The third-order valence-electron chi connectivity index (χ3n) is 2.59. The van der Waals surface area contributed by atoms with E-state index < -0.39 is 17.7 Å². The van der Waals surface area contributed by atoms with E-state index in [9.17, 15) is 14.4 Å². The van der Waals surface area contributed by atoms with Crippen LogP contribution in [0.1, 0.15) is 6.92 Å². The summed E-state index contributed by atoms with van der Waals surface area (Å²) in [6.45, 7) is 2.28. The summed E-state index contributed by atoms with van der Waals surface area (Å²) in [6, 6.07) is 0. The number of hydrogen-bond donors (Lipinski definition) is 3. The average Bonchev–Trinajstić information content (AvgIpc) is 2.21. The molecule has 0 unspecified atom stereocenters. The van der Waals surface area contributed by atoms with Crippen molar-refractivity contribution >= 4 is 17.7 Å². The second-order valence-electron chi connectivity index (χ2n) is 4.52. The van der Waals surface area contributed by atoms with Crippen LogP contribution in [0.15, 0.2) is 0 Å². The van der Waals surface area contributed by atoms with Crippen LogP contribution in [0.2, 0.25) is 0 Å². The zero-order valence-corrected chi connectivity index (χ0v) is 10.3. The molecule has 0 aliphatic carbocycles. The van der Waals surface area contributed by atoms with Crippen LogP contribution in [0.5, 0.6) is 0 Å². The first-order valence-electron chi connectivity index (χ1n) is 5.51. The van der Waals surface area contributed by atoms with E-state index in [0.29, 0.717) is 13.1 Å². The summed E-state index contributed by atoms with van der Waals surface area (Å²) in [7, 11) is 0. The van der Waals surface area contributed by atoms with Gasteiger partial charge in [0, 0.05) is 13.1 Å². The molecule has 1 aliphatic rings. The van der Waals surface area contributed by atoms with Crippen molar-refractivity contribution in [3.8, 4) is 0 Å². The molecule has 3 amide bonds. The summed E-state index contributed by atoms with van der Waals surface area (Å²) in [5.74, 6) is -1.90. The summed E-state index contributed by atoms with van der Waals surface area (Å²) in [6.07, 6.45) is 0. The van der Waals surface area contributed by atoms with Gasteiger partial charge in [0.2, 0.25) is 17.7 Å². The van der Waals surface area contributed by atoms with E-state index in [2.05, 4.69) is 5.32 Å². The Morgan fingerprint density at radius 3 is 2.06 bits per heavy atom. The standard InChI is InChI=1S/C10H18N4O4/c1-10(5-13-6-10)18-4-9(17)14(2-7(11)15)3-8(12)16/h13H,2-6H2,1H3,(H2,11,15)(H2,12,16). The first-order valence-corrected chi connectivity index (χ1v) is 5.51. The van der Waals surface area contributed by atoms with E-state index in [1.165, 1.54) is 0 Å². The molecule has 8 nitrogen and oxygen atoms in total. The molecular weight excluding hydrogens is 240 g/mol. The maximum absolute atomic E-state index is 11.8. The Balaban J connectivity index is 2.47. The van der Waals surface area contributed by atoms with Gasteiger partial charge in [-0.3, -0.25) is 14.4 Å². The molecule has 0 aromatic heterocycles. The Hall–Kier alpha value is -1.67. The molecule has 0 atom stereocenters. The van der Waals surface area contributed by atoms with Crippen molar-refractivity contribution in [2.75, 3.05) is 32.8 Å². The molecule has 8 heteroatoms. The summed E-state index contributed by atoms with van der Waals surface area (Å²) in [5.41, 5.74) is 9.61. The largest absolute Gasteiger partial charge is 0.368 e. The number of nitrogens with two attached hydrogens (primary N) is 2. The molecule has 0 aromatic rings. The lowest BCUT2D eigenvalue weighted by atomic mass is 10.0. The lowest BCUT2D eigenvalue weighted by Gasteiger charge is -2.39. The fourth-order valence-corrected chi connectivity index (χ4v) is 1.51. The van der Waals surface area contributed by atoms with Gasteiger partial charge in [-0.05, 0) is 6.92 Å². The van der Waals surface area contributed by atoms with Crippen molar-refractivity contribution in [3.63, 3.8) is 0 Å². The zero-order chi connectivity index (χ0) is 13.8. The van der Waals surface area contributed by atoms with Crippen LogP contribution in [-0.4, -0.2) is 61.0 Å². The van der Waals surface area contributed by atoms with Gasteiger partial charge in [-0.25, -0.2) is 0 Å². The number of primary amides is 2. The Bertz CT molecular complexity index is 338. The molecule has 1 rings (SSSR count). The molecule has 102 valence electrons. The van der Waals surface area contributed by atoms with Gasteiger partial charge in [0.15, 0.2) is 0 Å². The number of carbonyl (C=O) groups is 3. The van der Waals surface area contributed by atoms with Gasteiger partial charge in [-0.2, -0.15) is 0 Å². The normalized spacial score (nSPS) is 16.7. The predicted molar refractivity (Wildman–Crippen MR) is 62.2 cm³/mol. The molecule has 1 aliphatic heterocycles. The SMILES string of the molecule is CC1(OCC(=O)N(CC(N)=O)CC(N)=O)CNC1. The number of nitrogens with one attached hydrogen (secondary N) is 1. The average molecular weight is 258 g/mol. The van der Waals surface area contributed by atoms with Gasteiger partial charge >= 0.3 is 0 Å². The Labute approximate surface area is 105 Å². The minimum Gasteiger partial charge on any atom is -0.368 e. The summed E-state index contributed by atoms with van der Waals surface area (Å²) >= 11 is 0. The lowest BCUT2D eigenvalue weighted by molar-refractivity contribution is -0.149. The minimum atomic E-state index is -0.707. The number of hydrogen-bond acceptors (Lipinski definition) is 5. The highest BCUT2D eigenvalue weighted by molar-refractivity contribution is 5.88. The Morgan fingerprint density at radius 2 is 1.72 bits per heavy atom. The van der Waals surface area contributed by atoms with Crippen molar-refractivity contribution in [2.45, 2.75) is 12.5 Å². The van der Waals surface area contributed by atoms with Crippen molar-refractivity contribution < 1.29 is 19.1 Å². The molecule has 0 radical (unpaired) electrons. The third-order valence-corrected chi connectivity index (χ3v) is 2.59. The van der Waals surface area contributed by atoms with Crippen molar-refractivity contribution in [2.24, 2.45) is 11.5 Å². The number of carbonyl (C=O) groups excluding carboxylic acids is 3. The highest BCUT2D eigenvalue weighted by Crippen LogP contribution is 2.14. The first kappa shape index (κ1) is 14.4. The topological polar surface area (TPSA) is 128 Å². The highest BCUT2D eigenvalue weighted by Gasteiger charge is 2.33. The van der Waals surface area contributed by atoms with Crippen LogP contribution in [0.3, 0.4) is 0 Å². The maximum atomic E-state index is 11.8. The molecule has 1 heterocycles. The van der Waals surface area contributed by atoms with E-state index in [1.807, 2.05) is 6.92 Å². The molecule has 1 fully saturated rings. The van der Waals surface area contributed by atoms with Crippen molar-refractivity contribution in [1.82, 2.24) is 10.2 Å². The summed E-state index contributed by atoms with van der Waals surface area (Å²) < 4.78 is 5.41. The van der Waals surface area contributed by atoms with Crippen LogP contribution in [0, 0.1) is 0 Å². The fourth-order valence-electron chi connectivity index (χ4n) is 1.51. The van der Waals surface area contributed by atoms with Crippen LogP contribution in [-0.2, 0) is 19.1 Å². The van der Waals surface area contributed by atoms with Crippen LogP contribution in [0.4, 0.5) is 0 Å². The van der Waals surface area contributed by atoms with Crippen molar-refractivity contribution in [1.29, 1.82) is 0 Å². The number of amides is 3. The number of nitrogens with zero attached hydrogens (tertiary/aromatic N) is 1. The summed E-state index contributed by atoms with van der Waals surface area (Å²) in [4.78, 5) is 34.3. The molecule has 18 heavy (non-hydrogen) atoms. The number of rotatable bonds is 7. The van der Waals surface area contributed by atoms with Gasteiger partial charge in [0.25, 0.3) is 0 Å². The van der Waals surface area contributed by atoms with Gasteiger partial charge in [-0.15, -0.1) is 0 Å². The molecule has 1 saturated heterocycles. The minimum absolute atomic E-state index is 0.210. The molecule has 0 bridgehead atoms. The monoisotopic (exact) mass is 258 g/mol. The molecule has 0 aromatic carbocycles. The maximum Gasteiger partial charge on any atom is 0.249 e. The molecule has 0 spiro atoms. The first-order chi connectivity index (χ1) is 8.32. The van der Waals surface area contributed by atoms with E-state index in [0.717, 1.165) is 4.90 Å². The highest BCUT2D eigenvalue weighted by atomic mass is 16.5. The van der Waals surface area contributed by atoms with Gasteiger partial charge in [0.1, 0.15) is 6.61 Å². The van der Waals surface area contributed by atoms with Gasteiger partial charge < -0.3 is 26.4 Å². The predicted octanol–water partition coefficient (Wildman–Crippen LogP) is -2.84. The molecule has 0 saturated carbocycles. The smallest absolute Gasteiger partial charge is 0.249 e. The van der Waals surface area contributed by atoms with E-state index in [1.54, 1.807) is 0 Å². The molecular formula is C10H18N4O4. The van der Waals surface area contributed by atoms with E-state index in [-0.39, 0.29) is 25.3 Å². The molecule has 5 N–H and O–H groups in total. The zero-order valence-electron chi connectivity index (χ0n) is 10.3. The number of ether oxygens (including phenoxy) is 1. The second kappa shape index (κ2) is 5.78. The Morgan fingerprint density at radius 1 is 1.22 bits per heavy atom. The fraction of sp³-hybridized carbons (Fsp3) is 0.700. The van der Waals surface area contributed by atoms with E-state index in [4.69, 9.17) is 16.2 Å².